The van der Waals surface area contributed by atoms with Crippen molar-refractivity contribution in [1.29, 1.82) is 0 Å². The highest BCUT2D eigenvalue weighted by atomic mass is 35.5. The van der Waals surface area contributed by atoms with Crippen LogP contribution in [0.15, 0.2) is 60.9 Å². The van der Waals surface area contributed by atoms with E-state index in [1.165, 1.54) is 12.3 Å². The van der Waals surface area contributed by atoms with Gasteiger partial charge in [-0.1, -0.05) is 63.6 Å². The number of pyridine rings is 1. The Morgan fingerprint density at radius 3 is 2.31 bits per heavy atom. The Balaban J connectivity index is 1.17. The highest BCUT2D eigenvalue weighted by molar-refractivity contribution is 6.34. The van der Waals surface area contributed by atoms with Crippen LogP contribution in [0.4, 0.5) is 24.7 Å². The van der Waals surface area contributed by atoms with Crippen LogP contribution in [-0.4, -0.2) is 70.2 Å². The van der Waals surface area contributed by atoms with E-state index in [0.717, 1.165) is 36.1 Å². The van der Waals surface area contributed by atoms with Gasteiger partial charge in [0.2, 0.25) is 5.91 Å². The maximum absolute atomic E-state index is 13.6. The fourth-order valence-corrected chi connectivity index (χ4v) is 6.91. The molecule has 51 heavy (non-hydrogen) atoms. The van der Waals surface area contributed by atoms with E-state index in [2.05, 4.69) is 42.1 Å². The van der Waals surface area contributed by atoms with Gasteiger partial charge in [0, 0.05) is 42.2 Å². The van der Waals surface area contributed by atoms with Gasteiger partial charge in [-0.05, 0) is 61.2 Å². The van der Waals surface area contributed by atoms with Crippen LogP contribution in [0, 0.1) is 11.3 Å². The zero-order valence-electron chi connectivity index (χ0n) is 29.1. The second kappa shape index (κ2) is 14.2. The summed E-state index contributed by atoms with van der Waals surface area (Å²) in [6, 6.07) is 12.7. The molecule has 1 unspecified atom stereocenters. The van der Waals surface area contributed by atoms with E-state index in [1.54, 1.807) is 42.6 Å². The predicted molar refractivity (Wildman–Crippen MR) is 191 cm³/mol. The molecule has 2 aliphatic rings. The number of amides is 2. The SMILES string of the molecule is CC1CN(C(=O)C(C)(C)C)CCN1c1ccc(NC(=O)c2cc(Cl)c(-c3ccc(-c4cnc([C@@H]5C[C@H](C)CN5)[nH]4)cc3)c(OC(F)(F)F)c2)cn1. The van der Waals surface area contributed by atoms with Crippen LogP contribution in [0.1, 0.15) is 63.3 Å². The first-order valence-corrected chi connectivity index (χ1v) is 17.3. The largest absolute Gasteiger partial charge is 0.573 e. The minimum absolute atomic E-state index is 0.00373. The lowest BCUT2D eigenvalue weighted by Gasteiger charge is -2.42. The number of benzene rings is 2. The molecule has 0 saturated carbocycles. The van der Waals surface area contributed by atoms with E-state index < -0.39 is 23.4 Å². The quantitative estimate of drug-likeness (QED) is 0.179. The number of carbonyl (C=O) groups is 2. The third-order valence-corrected chi connectivity index (χ3v) is 9.46. The van der Waals surface area contributed by atoms with Crippen molar-refractivity contribution >= 4 is 34.9 Å². The molecule has 0 radical (unpaired) electrons. The molecule has 4 aromatic rings. The summed E-state index contributed by atoms with van der Waals surface area (Å²) < 4.78 is 45.2. The van der Waals surface area contributed by atoms with Crippen molar-refractivity contribution in [2.75, 3.05) is 36.4 Å². The Labute approximate surface area is 299 Å². The smallest absolute Gasteiger partial charge is 0.405 e. The summed E-state index contributed by atoms with van der Waals surface area (Å²) in [5.74, 6) is 0.865. The molecule has 3 atom stereocenters. The van der Waals surface area contributed by atoms with Gasteiger partial charge in [-0.2, -0.15) is 0 Å². The molecular formula is C37H41ClF3N7O3. The Morgan fingerprint density at radius 1 is 0.980 bits per heavy atom. The summed E-state index contributed by atoms with van der Waals surface area (Å²) in [5.41, 5.74) is 1.68. The first-order chi connectivity index (χ1) is 24.1. The number of hydrogen-bond donors (Lipinski definition) is 3. The fourth-order valence-electron chi connectivity index (χ4n) is 6.59. The number of ether oxygens (including phenoxy) is 1. The molecule has 3 N–H and O–H groups in total. The number of rotatable bonds is 7. The Hall–Kier alpha value is -4.62. The van der Waals surface area contributed by atoms with Gasteiger partial charge in [-0.3, -0.25) is 9.59 Å². The molecule has 2 aromatic heterocycles. The highest BCUT2D eigenvalue weighted by Crippen LogP contribution is 2.41. The van der Waals surface area contributed by atoms with Crippen molar-refractivity contribution in [3.05, 3.63) is 77.3 Å². The maximum Gasteiger partial charge on any atom is 0.573 e. The van der Waals surface area contributed by atoms with Gasteiger partial charge >= 0.3 is 6.36 Å². The van der Waals surface area contributed by atoms with Crippen molar-refractivity contribution in [2.45, 2.75) is 59.5 Å². The lowest BCUT2D eigenvalue weighted by Crippen LogP contribution is -2.56. The topological polar surface area (TPSA) is 115 Å². The first-order valence-electron chi connectivity index (χ1n) is 16.9. The number of hydrogen-bond acceptors (Lipinski definition) is 7. The second-order valence-electron chi connectivity index (χ2n) is 14.3. The van der Waals surface area contributed by atoms with E-state index in [-0.39, 0.29) is 34.1 Å². The van der Waals surface area contributed by atoms with Gasteiger partial charge in [0.15, 0.2) is 0 Å². The summed E-state index contributed by atoms with van der Waals surface area (Å²) in [6.07, 6.45) is -0.850. The van der Waals surface area contributed by atoms with Crippen LogP contribution in [0.3, 0.4) is 0 Å². The molecular weight excluding hydrogens is 683 g/mol. The third-order valence-electron chi connectivity index (χ3n) is 9.16. The molecule has 0 spiro atoms. The van der Waals surface area contributed by atoms with E-state index in [4.69, 9.17) is 11.6 Å². The molecule has 2 saturated heterocycles. The number of nitrogens with zero attached hydrogens (tertiary/aromatic N) is 4. The van der Waals surface area contributed by atoms with Gasteiger partial charge in [0.05, 0.1) is 34.8 Å². The summed E-state index contributed by atoms with van der Waals surface area (Å²) >= 11 is 6.57. The van der Waals surface area contributed by atoms with Crippen LogP contribution in [-0.2, 0) is 4.79 Å². The van der Waals surface area contributed by atoms with Gasteiger partial charge in [-0.15, -0.1) is 13.2 Å². The summed E-state index contributed by atoms with van der Waals surface area (Å²) in [4.78, 5) is 42.3. The normalized spacial score (nSPS) is 19.7. The molecule has 2 fully saturated rings. The van der Waals surface area contributed by atoms with Gasteiger partial charge in [0.25, 0.3) is 5.91 Å². The van der Waals surface area contributed by atoms with Crippen molar-refractivity contribution in [2.24, 2.45) is 11.3 Å². The number of halogens is 4. The molecule has 6 rings (SSSR count). The summed E-state index contributed by atoms with van der Waals surface area (Å²) in [7, 11) is 0. The van der Waals surface area contributed by atoms with Crippen LogP contribution >= 0.6 is 11.6 Å². The first kappa shape index (κ1) is 36.2. The number of nitrogens with one attached hydrogen (secondary N) is 3. The molecule has 2 aromatic carbocycles. The van der Waals surface area contributed by atoms with Crippen molar-refractivity contribution in [3.63, 3.8) is 0 Å². The molecule has 14 heteroatoms. The average molecular weight is 724 g/mol. The Kier molecular flexibility index (Phi) is 10.1. The summed E-state index contributed by atoms with van der Waals surface area (Å²) in [6.45, 7) is 12.5. The minimum atomic E-state index is -5.03. The number of H-pyrrole nitrogens is 1. The van der Waals surface area contributed by atoms with Crippen molar-refractivity contribution in [1.82, 2.24) is 25.2 Å². The lowest BCUT2D eigenvalue weighted by atomic mass is 9.94. The lowest BCUT2D eigenvalue weighted by molar-refractivity contribution is -0.274. The van der Waals surface area contributed by atoms with E-state index in [9.17, 15) is 22.8 Å². The van der Waals surface area contributed by atoms with Gasteiger partial charge < -0.3 is 30.2 Å². The number of imidazole rings is 1. The zero-order chi connectivity index (χ0) is 36.7. The molecule has 0 bridgehead atoms. The monoisotopic (exact) mass is 723 g/mol. The Bertz CT molecular complexity index is 1890. The van der Waals surface area contributed by atoms with E-state index in [0.29, 0.717) is 42.6 Å². The van der Waals surface area contributed by atoms with E-state index >= 15 is 0 Å². The minimum Gasteiger partial charge on any atom is -0.405 e. The third kappa shape index (κ3) is 8.31. The highest BCUT2D eigenvalue weighted by Gasteiger charge is 2.35. The zero-order valence-corrected chi connectivity index (χ0v) is 29.8. The Morgan fingerprint density at radius 2 is 1.71 bits per heavy atom. The number of aromatic nitrogens is 3. The number of aromatic amines is 1. The number of alkyl halides is 3. The van der Waals surface area contributed by atoms with Crippen LogP contribution in [0.25, 0.3) is 22.4 Å². The van der Waals surface area contributed by atoms with Crippen LogP contribution in [0.5, 0.6) is 5.75 Å². The number of carbonyl (C=O) groups excluding carboxylic acids is 2. The maximum atomic E-state index is 13.6. The molecule has 4 heterocycles. The number of piperazine rings is 1. The van der Waals surface area contributed by atoms with Crippen molar-refractivity contribution < 1.29 is 27.5 Å². The second-order valence-corrected chi connectivity index (χ2v) is 14.8. The molecule has 2 amide bonds. The number of anilines is 2. The molecule has 2 aliphatic heterocycles. The predicted octanol–water partition coefficient (Wildman–Crippen LogP) is 7.70. The fraction of sp³-hybridized carbons (Fsp3) is 0.405. The van der Waals surface area contributed by atoms with E-state index in [1.807, 2.05) is 32.6 Å². The van der Waals surface area contributed by atoms with Crippen LogP contribution in [0.2, 0.25) is 5.02 Å². The van der Waals surface area contributed by atoms with Crippen molar-refractivity contribution in [3.8, 4) is 28.1 Å². The standard InChI is InChI=1S/C37H41ClF3N7O3/c1-21-14-28(42-17-21)33-44-19-29(46-33)23-6-8-24(9-7-23)32-27(38)15-25(16-30(32)51-37(39,40)41)34(49)45-26-10-11-31(43-18-26)48-13-12-47(20-22(48)2)35(50)36(3,4)5/h6-11,15-16,18-19,21-22,28,42H,12-14,17,20H2,1-5H3,(H,44,46)(H,45,49)/t21-,22?,28-/m0/s1. The van der Waals surface area contributed by atoms with Gasteiger partial charge in [0.1, 0.15) is 17.4 Å². The molecule has 270 valence electrons. The molecule has 10 nitrogen and oxygen atoms in total. The van der Waals surface area contributed by atoms with Crippen LogP contribution < -0.4 is 20.3 Å². The average Bonchev–Trinajstić information content (AvgIpc) is 3.73. The van der Waals surface area contributed by atoms with Gasteiger partial charge in [-0.25, -0.2) is 9.97 Å². The summed E-state index contributed by atoms with van der Waals surface area (Å²) in [5, 5.41) is 6.03. The molecule has 0 aliphatic carbocycles.